The summed E-state index contributed by atoms with van der Waals surface area (Å²) < 4.78 is 24.2. The minimum Gasteiger partial charge on any atom is -0.395 e. The van der Waals surface area contributed by atoms with Crippen molar-refractivity contribution >= 4 is 21.4 Å². The van der Waals surface area contributed by atoms with Crippen LogP contribution in [0.25, 0.3) is 0 Å². The Bertz CT molecular complexity index is 468. The van der Waals surface area contributed by atoms with Crippen LogP contribution in [0.4, 0.5) is 0 Å². The molecule has 0 aromatic heterocycles. The van der Waals surface area contributed by atoms with Crippen LogP contribution in [0, 0.1) is 0 Å². The molecule has 1 rings (SSSR count). The van der Waals surface area contributed by atoms with E-state index in [2.05, 4.69) is 6.58 Å². The molecule has 1 atom stereocenters. The van der Waals surface area contributed by atoms with Crippen LogP contribution >= 0.6 is 11.6 Å². The normalized spacial score (nSPS) is 13.4. The van der Waals surface area contributed by atoms with Gasteiger partial charge in [0.25, 0.3) is 0 Å². The van der Waals surface area contributed by atoms with Gasteiger partial charge in [0.05, 0.1) is 21.8 Å². The van der Waals surface area contributed by atoms with Crippen molar-refractivity contribution in [3.63, 3.8) is 0 Å². The first-order valence-corrected chi connectivity index (χ1v) is 6.66. The van der Waals surface area contributed by atoms with Crippen molar-refractivity contribution in [2.24, 2.45) is 0 Å². The largest absolute Gasteiger partial charge is 0.395 e. The third-order valence-electron chi connectivity index (χ3n) is 2.22. The number of aliphatic hydroxyl groups is 1. The SMILES string of the molecule is C=CCC(CO)S(=O)(=O)c1ccccc1Cl. The second kappa shape index (κ2) is 5.48. The van der Waals surface area contributed by atoms with Crippen LogP contribution in [0.5, 0.6) is 0 Å². The summed E-state index contributed by atoms with van der Waals surface area (Å²) in [4.78, 5) is 0.0533. The summed E-state index contributed by atoms with van der Waals surface area (Å²) in [5.41, 5.74) is 0. The minimum absolute atomic E-state index is 0.0533. The highest BCUT2D eigenvalue weighted by Crippen LogP contribution is 2.25. The zero-order chi connectivity index (χ0) is 12.2. The van der Waals surface area contributed by atoms with Crippen molar-refractivity contribution < 1.29 is 13.5 Å². The quantitative estimate of drug-likeness (QED) is 0.825. The average Bonchev–Trinajstić information content (AvgIpc) is 2.26. The van der Waals surface area contributed by atoms with E-state index in [0.29, 0.717) is 0 Å². The van der Waals surface area contributed by atoms with Crippen LogP contribution in [0.15, 0.2) is 41.8 Å². The Hall–Kier alpha value is -0.840. The van der Waals surface area contributed by atoms with Gasteiger partial charge in [-0.1, -0.05) is 29.8 Å². The summed E-state index contributed by atoms with van der Waals surface area (Å²) in [6.07, 6.45) is 1.67. The number of benzene rings is 1. The summed E-state index contributed by atoms with van der Waals surface area (Å²) in [5.74, 6) is 0. The number of aliphatic hydroxyl groups excluding tert-OH is 1. The van der Waals surface area contributed by atoms with Gasteiger partial charge in [-0.2, -0.15) is 0 Å². The number of allylic oxidation sites excluding steroid dienone is 1. The Morgan fingerprint density at radius 2 is 2.06 bits per heavy atom. The van der Waals surface area contributed by atoms with Crippen molar-refractivity contribution in [3.05, 3.63) is 41.9 Å². The molecule has 1 unspecified atom stereocenters. The molecule has 0 aliphatic carbocycles. The molecule has 0 saturated carbocycles. The number of hydrogen-bond acceptors (Lipinski definition) is 3. The van der Waals surface area contributed by atoms with E-state index in [1.165, 1.54) is 18.2 Å². The summed E-state index contributed by atoms with van der Waals surface area (Å²) in [6.45, 7) is 3.02. The van der Waals surface area contributed by atoms with Crippen molar-refractivity contribution in [1.82, 2.24) is 0 Å². The number of rotatable bonds is 5. The average molecular weight is 261 g/mol. The Balaban J connectivity index is 3.20. The molecule has 0 radical (unpaired) electrons. The third-order valence-corrected chi connectivity index (χ3v) is 4.85. The smallest absolute Gasteiger partial charge is 0.185 e. The van der Waals surface area contributed by atoms with Crippen LogP contribution in [0.2, 0.25) is 5.02 Å². The first kappa shape index (κ1) is 13.2. The van der Waals surface area contributed by atoms with Crippen LogP contribution in [0.1, 0.15) is 6.42 Å². The fourth-order valence-electron chi connectivity index (χ4n) is 1.34. The van der Waals surface area contributed by atoms with Crippen LogP contribution in [0.3, 0.4) is 0 Å². The lowest BCUT2D eigenvalue weighted by Gasteiger charge is -2.14. The van der Waals surface area contributed by atoms with Gasteiger partial charge in [-0.05, 0) is 18.6 Å². The summed E-state index contributed by atoms with van der Waals surface area (Å²) in [5, 5.41) is 8.36. The van der Waals surface area contributed by atoms with Crippen molar-refractivity contribution in [1.29, 1.82) is 0 Å². The fraction of sp³-hybridized carbons (Fsp3) is 0.273. The molecule has 0 bridgehead atoms. The topological polar surface area (TPSA) is 54.4 Å². The van der Waals surface area contributed by atoms with Gasteiger partial charge in [0.2, 0.25) is 0 Å². The van der Waals surface area contributed by atoms with E-state index in [1.807, 2.05) is 0 Å². The molecule has 1 N–H and O–H groups in total. The first-order valence-electron chi connectivity index (χ1n) is 4.74. The van der Waals surface area contributed by atoms with E-state index in [1.54, 1.807) is 12.1 Å². The third kappa shape index (κ3) is 2.64. The van der Waals surface area contributed by atoms with Gasteiger partial charge < -0.3 is 5.11 Å². The Labute approximate surface area is 100 Å². The zero-order valence-corrected chi connectivity index (χ0v) is 10.2. The van der Waals surface area contributed by atoms with E-state index in [9.17, 15) is 8.42 Å². The van der Waals surface area contributed by atoms with E-state index in [4.69, 9.17) is 16.7 Å². The number of halogens is 1. The van der Waals surface area contributed by atoms with Gasteiger partial charge in [0.15, 0.2) is 9.84 Å². The molecule has 0 saturated heterocycles. The lowest BCUT2D eigenvalue weighted by molar-refractivity contribution is 0.290. The van der Waals surface area contributed by atoms with Gasteiger partial charge in [0.1, 0.15) is 0 Å². The van der Waals surface area contributed by atoms with E-state index >= 15 is 0 Å². The maximum atomic E-state index is 12.1. The van der Waals surface area contributed by atoms with E-state index < -0.39 is 21.7 Å². The highest BCUT2D eigenvalue weighted by molar-refractivity contribution is 7.92. The van der Waals surface area contributed by atoms with Crippen LogP contribution in [-0.4, -0.2) is 25.4 Å². The Morgan fingerprint density at radius 1 is 1.44 bits per heavy atom. The van der Waals surface area contributed by atoms with Gasteiger partial charge in [-0.3, -0.25) is 0 Å². The fourth-order valence-corrected chi connectivity index (χ4v) is 3.35. The molecule has 0 amide bonds. The summed E-state index contributed by atoms with van der Waals surface area (Å²) in [7, 11) is -3.60. The van der Waals surface area contributed by atoms with Crippen LogP contribution < -0.4 is 0 Å². The maximum absolute atomic E-state index is 12.1. The van der Waals surface area contributed by atoms with Gasteiger partial charge in [-0.15, -0.1) is 6.58 Å². The molecule has 88 valence electrons. The summed E-state index contributed by atoms with van der Waals surface area (Å²) in [6, 6.07) is 6.20. The molecule has 0 fully saturated rings. The molecule has 0 spiro atoms. The molecule has 16 heavy (non-hydrogen) atoms. The Kier molecular flexibility index (Phi) is 4.53. The molecule has 1 aromatic rings. The predicted molar refractivity (Wildman–Crippen MR) is 64.3 cm³/mol. The molecule has 0 aliphatic heterocycles. The zero-order valence-electron chi connectivity index (χ0n) is 8.64. The van der Waals surface area contributed by atoms with E-state index in [-0.39, 0.29) is 16.3 Å². The van der Waals surface area contributed by atoms with Crippen molar-refractivity contribution in [2.75, 3.05) is 6.61 Å². The second-order valence-corrected chi connectivity index (χ2v) is 5.91. The molecule has 0 aliphatic rings. The highest BCUT2D eigenvalue weighted by Gasteiger charge is 2.27. The van der Waals surface area contributed by atoms with Crippen molar-refractivity contribution in [3.8, 4) is 0 Å². The standard InChI is InChI=1S/C11H13ClO3S/c1-2-5-9(8-13)16(14,15)11-7-4-3-6-10(11)12/h2-4,6-7,9,13H,1,5,8H2. The Morgan fingerprint density at radius 3 is 2.56 bits per heavy atom. The molecule has 5 heteroatoms. The second-order valence-electron chi connectivity index (χ2n) is 3.30. The lowest BCUT2D eigenvalue weighted by Crippen LogP contribution is -2.25. The van der Waals surface area contributed by atoms with Gasteiger partial charge >= 0.3 is 0 Å². The number of hydrogen-bond donors (Lipinski definition) is 1. The molecular weight excluding hydrogens is 248 g/mol. The number of sulfone groups is 1. The predicted octanol–water partition coefficient (Wildman–Crippen LogP) is 2.05. The van der Waals surface area contributed by atoms with Gasteiger partial charge in [-0.25, -0.2) is 8.42 Å². The van der Waals surface area contributed by atoms with E-state index in [0.717, 1.165) is 0 Å². The first-order chi connectivity index (χ1) is 7.54. The summed E-state index contributed by atoms with van der Waals surface area (Å²) >= 11 is 5.82. The van der Waals surface area contributed by atoms with Crippen LogP contribution in [-0.2, 0) is 9.84 Å². The molecule has 1 aromatic carbocycles. The molecule has 3 nitrogen and oxygen atoms in total. The monoisotopic (exact) mass is 260 g/mol. The molecule has 0 heterocycles. The van der Waals surface area contributed by atoms with Crippen molar-refractivity contribution in [2.45, 2.75) is 16.6 Å². The molecular formula is C11H13ClO3S. The lowest BCUT2D eigenvalue weighted by atomic mass is 10.3. The van der Waals surface area contributed by atoms with Gasteiger partial charge in [0, 0.05) is 0 Å². The maximum Gasteiger partial charge on any atom is 0.185 e. The highest BCUT2D eigenvalue weighted by atomic mass is 35.5. The minimum atomic E-state index is -3.60.